The Balaban J connectivity index is 2.01. The molecule has 0 aliphatic heterocycles. The third-order valence-electron chi connectivity index (χ3n) is 2.89. The lowest BCUT2D eigenvalue weighted by atomic mass is 9.90. The molecule has 0 bridgehead atoms. The van der Waals surface area contributed by atoms with E-state index in [1.54, 1.807) is 0 Å². The van der Waals surface area contributed by atoms with Crippen LogP contribution in [-0.2, 0) is 12.8 Å². The van der Waals surface area contributed by atoms with Crippen LogP contribution >= 0.6 is 0 Å². The van der Waals surface area contributed by atoms with Gasteiger partial charge in [0, 0.05) is 18.3 Å². The van der Waals surface area contributed by atoms with Crippen molar-refractivity contribution in [3.63, 3.8) is 0 Å². The molecule has 2 aromatic rings. The summed E-state index contributed by atoms with van der Waals surface area (Å²) in [5, 5.41) is 14.2. The maximum Gasteiger partial charge on any atom is 0.174 e. The number of tetrazole rings is 1. The van der Waals surface area contributed by atoms with E-state index in [0.29, 0.717) is 11.8 Å². The predicted octanol–water partition coefficient (Wildman–Crippen LogP) is 2.04. The van der Waals surface area contributed by atoms with Crippen LogP contribution in [0.3, 0.4) is 0 Å². The second-order valence-electron chi connectivity index (χ2n) is 5.05. The maximum atomic E-state index is 4.39. The molecule has 5 heteroatoms. The van der Waals surface area contributed by atoms with E-state index in [2.05, 4.69) is 45.5 Å². The van der Waals surface area contributed by atoms with Crippen LogP contribution in [0.25, 0.3) is 0 Å². The highest BCUT2D eigenvalue weighted by molar-refractivity contribution is 5.05. The highest BCUT2D eigenvalue weighted by Crippen LogP contribution is 2.19. The average Bonchev–Trinajstić information content (AvgIpc) is 2.82. The zero-order valence-electron chi connectivity index (χ0n) is 10.9. The van der Waals surface area contributed by atoms with Crippen LogP contribution in [0.5, 0.6) is 0 Å². The Bertz CT molecular complexity index is 438. The Morgan fingerprint density at radius 3 is 2.72 bits per heavy atom. The number of aromatic nitrogens is 5. The molecule has 0 radical (unpaired) electrons. The highest BCUT2D eigenvalue weighted by Gasteiger charge is 2.15. The topological polar surface area (TPSA) is 67.3 Å². The molecule has 1 atom stereocenters. The van der Waals surface area contributed by atoms with Crippen LogP contribution in [0.2, 0.25) is 0 Å². The minimum Gasteiger partial charge on any atom is -0.261 e. The van der Waals surface area contributed by atoms with Gasteiger partial charge in [0.25, 0.3) is 0 Å². The lowest BCUT2D eigenvalue weighted by molar-refractivity contribution is 0.395. The molecule has 5 nitrogen and oxygen atoms in total. The van der Waals surface area contributed by atoms with Crippen LogP contribution < -0.4 is 0 Å². The number of nitrogens with zero attached hydrogens (tertiary/aromatic N) is 4. The van der Waals surface area contributed by atoms with Crippen LogP contribution in [0.4, 0.5) is 0 Å². The summed E-state index contributed by atoms with van der Waals surface area (Å²) in [5.74, 6) is 1.96. The molecule has 2 aromatic heterocycles. The Morgan fingerprint density at radius 1 is 1.22 bits per heavy atom. The molecule has 1 unspecified atom stereocenters. The van der Waals surface area contributed by atoms with Crippen molar-refractivity contribution in [1.82, 2.24) is 25.6 Å². The van der Waals surface area contributed by atoms with Crippen molar-refractivity contribution in [1.29, 1.82) is 0 Å². The first-order valence-corrected chi connectivity index (χ1v) is 6.36. The molecule has 0 aliphatic rings. The van der Waals surface area contributed by atoms with Gasteiger partial charge in [0.15, 0.2) is 5.82 Å². The van der Waals surface area contributed by atoms with Gasteiger partial charge in [-0.2, -0.15) is 5.21 Å². The monoisotopic (exact) mass is 245 g/mol. The molecule has 0 saturated heterocycles. The second-order valence-corrected chi connectivity index (χ2v) is 5.05. The summed E-state index contributed by atoms with van der Waals surface area (Å²) in [4.78, 5) is 4.39. The molecular formula is C13H19N5. The van der Waals surface area contributed by atoms with E-state index in [0.717, 1.165) is 30.8 Å². The molecular weight excluding hydrogens is 226 g/mol. The molecule has 2 rings (SSSR count). The van der Waals surface area contributed by atoms with E-state index >= 15 is 0 Å². The number of pyridine rings is 1. The lowest BCUT2D eigenvalue weighted by Gasteiger charge is -2.16. The summed E-state index contributed by atoms with van der Waals surface area (Å²) in [6.07, 6.45) is 4.81. The van der Waals surface area contributed by atoms with Gasteiger partial charge in [0.1, 0.15) is 0 Å². The number of H-pyrrole nitrogens is 1. The van der Waals surface area contributed by atoms with Crippen molar-refractivity contribution >= 4 is 0 Å². The number of nitrogens with one attached hydrogen (secondary N) is 1. The first-order valence-electron chi connectivity index (χ1n) is 6.36. The molecule has 1 N–H and O–H groups in total. The molecule has 0 fully saturated rings. The molecule has 0 amide bonds. The average molecular weight is 245 g/mol. The maximum absolute atomic E-state index is 4.39. The normalized spacial score (nSPS) is 12.8. The van der Waals surface area contributed by atoms with Crippen LogP contribution in [0.1, 0.15) is 31.8 Å². The Morgan fingerprint density at radius 2 is 2.11 bits per heavy atom. The van der Waals surface area contributed by atoms with E-state index in [1.165, 1.54) is 0 Å². The van der Waals surface area contributed by atoms with Gasteiger partial charge in [-0.15, -0.1) is 10.2 Å². The molecule has 0 saturated carbocycles. The summed E-state index contributed by atoms with van der Waals surface area (Å²) >= 11 is 0. The summed E-state index contributed by atoms with van der Waals surface area (Å²) < 4.78 is 0. The minimum absolute atomic E-state index is 0.512. The molecule has 0 aliphatic carbocycles. The van der Waals surface area contributed by atoms with E-state index < -0.39 is 0 Å². The van der Waals surface area contributed by atoms with Crippen LogP contribution in [0.15, 0.2) is 24.4 Å². The smallest absolute Gasteiger partial charge is 0.174 e. The van der Waals surface area contributed by atoms with Crippen molar-refractivity contribution in [2.24, 2.45) is 11.8 Å². The van der Waals surface area contributed by atoms with Gasteiger partial charge in [-0.1, -0.05) is 25.1 Å². The summed E-state index contributed by atoms with van der Waals surface area (Å²) in [7, 11) is 0. The van der Waals surface area contributed by atoms with E-state index in [-0.39, 0.29) is 0 Å². The predicted molar refractivity (Wildman–Crippen MR) is 68.8 cm³/mol. The van der Waals surface area contributed by atoms with Gasteiger partial charge in [-0.05, 0) is 36.8 Å². The van der Waals surface area contributed by atoms with Gasteiger partial charge in [0.05, 0.1) is 0 Å². The zero-order valence-corrected chi connectivity index (χ0v) is 10.9. The lowest BCUT2D eigenvalue weighted by Crippen LogP contribution is -2.13. The third kappa shape index (κ3) is 3.91. The fourth-order valence-corrected chi connectivity index (χ4v) is 2.25. The molecule has 0 spiro atoms. The molecule has 18 heavy (non-hydrogen) atoms. The van der Waals surface area contributed by atoms with Gasteiger partial charge in [0.2, 0.25) is 0 Å². The number of hydrogen-bond donors (Lipinski definition) is 1. The van der Waals surface area contributed by atoms with Crippen molar-refractivity contribution in [2.45, 2.75) is 33.1 Å². The third-order valence-corrected chi connectivity index (χ3v) is 2.89. The quantitative estimate of drug-likeness (QED) is 0.845. The van der Waals surface area contributed by atoms with E-state index in [1.807, 2.05) is 18.3 Å². The SMILES string of the molecule is CC(C)CC(Cc1ccccn1)Cc1nn[nH]n1. The first kappa shape index (κ1) is 12.7. The van der Waals surface area contributed by atoms with Gasteiger partial charge in [-0.3, -0.25) is 4.98 Å². The van der Waals surface area contributed by atoms with Crippen molar-refractivity contribution in [3.8, 4) is 0 Å². The highest BCUT2D eigenvalue weighted by atomic mass is 15.5. The second kappa shape index (κ2) is 6.23. The number of hydrogen-bond acceptors (Lipinski definition) is 4. The summed E-state index contributed by atoms with van der Waals surface area (Å²) in [5.41, 5.74) is 1.13. The number of aromatic amines is 1. The van der Waals surface area contributed by atoms with Crippen LogP contribution in [-0.4, -0.2) is 25.6 Å². The largest absolute Gasteiger partial charge is 0.261 e. The fourth-order valence-electron chi connectivity index (χ4n) is 2.25. The van der Waals surface area contributed by atoms with Gasteiger partial charge >= 0.3 is 0 Å². The van der Waals surface area contributed by atoms with Gasteiger partial charge in [-0.25, -0.2) is 0 Å². The Kier molecular flexibility index (Phi) is 4.39. The Labute approximate surface area is 107 Å². The van der Waals surface area contributed by atoms with E-state index in [4.69, 9.17) is 0 Å². The standard InChI is InChI=1S/C13H19N5/c1-10(2)7-11(9-13-15-17-18-16-13)8-12-5-3-4-6-14-12/h3-6,10-11H,7-9H2,1-2H3,(H,15,16,17,18). The molecule has 96 valence electrons. The van der Waals surface area contributed by atoms with Crippen molar-refractivity contribution < 1.29 is 0 Å². The van der Waals surface area contributed by atoms with Gasteiger partial charge < -0.3 is 0 Å². The summed E-state index contributed by atoms with van der Waals surface area (Å²) in [6, 6.07) is 6.05. The fraction of sp³-hybridized carbons (Fsp3) is 0.538. The molecule has 2 heterocycles. The zero-order chi connectivity index (χ0) is 12.8. The van der Waals surface area contributed by atoms with Crippen molar-refractivity contribution in [3.05, 3.63) is 35.9 Å². The van der Waals surface area contributed by atoms with Crippen LogP contribution in [0, 0.1) is 11.8 Å². The summed E-state index contributed by atoms with van der Waals surface area (Å²) in [6.45, 7) is 4.48. The molecule has 0 aromatic carbocycles. The first-order chi connectivity index (χ1) is 8.74. The van der Waals surface area contributed by atoms with E-state index in [9.17, 15) is 0 Å². The van der Waals surface area contributed by atoms with Crippen molar-refractivity contribution in [2.75, 3.05) is 0 Å². The minimum atomic E-state index is 0.512. The Hall–Kier alpha value is -1.78. The number of rotatable bonds is 6.